The van der Waals surface area contributed by atoms with Gasteiger partial charge in [0.15, 0.2) is 0 Å². The first-order valence-electron chi connectivity index (χ1n) is 8.96. The van der Waals surface area contributed by atoms with E-state index in [1.165, 1.54) is 11.1 Å². The molecule has 0 aliphatic heterocycles. The van der Waals surface area contributed by atoms with Crippen molar-refractivity contribution in [2.45, 2.75) is 31.7 Å². The molecular formula is C19H22N4O2S. The highest BCUT2D eigenvalue weighted by Gasteiger charge is 2.22. The van der Waals surface area contributed by atoms with Crippen LogP contribution in [0.5, 0.6) is 0 Å². The number of rotatable bonds is 6. The van der Waals surface area contributed by atoms with Crippen molar-refractivity contribution in [3.8, 4) is 0 Å². The van der Waals surface area contributed by atoms with Gasteiger partial charge in [0.25, 0.3) is 0 Å². The summed E-state index contributed by atoms with van der Waals surface area (Å²) in [4.78, 5) is 0. The van der Waals surface area contributed by atoms with Gasteiger partial charge in [0.1, 0.15) is 5.52 Å². The van der Waals surface area contributed by atoms with Crippen LogP contribution in [0.25, 0.3) is 11.0 Å². The Kier molecular flexibility index (Phi) is 4.74. The third-order valence-corrected chi connectivity index (χ3v) is 6.36. The lowest BCUT2D eigenvalue weighted by atomic mass is 9.83. The van der Waals surface area contributed by atoms with Gasteiger partial charge in [-0.2, -0.15) is 0 Å². The normalized spacial score (nSPS) is 17.3. The molecule has 1 aliphatic rings. The molecule has 0 unspecified atom stereocenters. The molecule has 0 radical (unpaired) electrons. The van der Waals surface area contributed by atoms with Gasteiger partial charge in [0.2, 0.25) is 10.0 Å². The van der Waals surface area contributed by atoms with Crippen LogP contribution in [0.15, 0.2) is 48.5 Å². The molecule has 1 aromatic heterocycles. The molecule has 6 nitrogen and oxygen atoms in total. The number of hydrogen-bond acceptors (Lipinski definition) is 4. The van der Waals surface area contributed by atoms with Crippen LogP contribution in [0.4, 0.5) is 0 Å². The van der Waals surface area contributed by atoms with Crippen molar-refractivity contribution in [3.63, 3.8) is 0 Å². The summed E-state index contributed by atoms with van der Waals surface area (Å²) in [6, 6.07) is 15.9. The maximum Gasteiger partial charge on any atom is 0.213 e. The average molecular weight is 370 g/mol. The molecule has 2 aromatic carbocycles. The van der Waals surface area contributed by atoms with E-state index in [1.807, 2.05) is 36.4 Å². The first kappa shape index (κ1) is 17.2. The topological polar surface area (TPSA) is 76.9 Å². The molecule has 1 aliphatic carbocycles. The van der Waals surface area contributed by atoms with E-state index in [2.05, 4.69) is 27.2 Å². The minimum Gasteiger partial charge on any atom is -0.244 e. The van der Waals surface area contributed by atoms with Gasteiger partial charge in [-0.25, -0.2) is 17.8 Å². The SMILES string of the molecule is O=S(=O)(CCn1nnc2ccccc21)NC[C@H]1CCCc2ccccc21. The summed E-state index contributed by atoms with van der Waals surface area (Å²) in [5.74, 6) is 0.247. The predicted octanol–water partition coefficient (Wildman–Crippen LogP) is 2.47. The van der Waals surface area contributed by atoms with Gasteiger partial charge in [0.05, 0.1) is 17.8 Å². The van der Waals surface area contributed by atoms with Crippen LogP contribution >= 0.6 is 0 Å². The fourth-order valence-corrected chi connectivity index (χ4v) is 4.67. The van der Waals surface area contributed by atoms with Crippen molar-refractivity contribution in [1.29, 1.82) is 0 Å². The molecule has 26 heavy (non-hydrogen) atoms. The molecule has 0 bridgehead atoms. The summed E-state index contributed by atoms with van der Waals surface area (Å²) in [5.41, 5.74) is 4.25. The monoisotopic (exact) mass is 370 g/mol. The number of hydrogen-bond donors (Lipinski definition) is 1. The van der Waals surface area contributed by atoms with Gasteiger partial charge in [-0.05, 0) is 48.4 Å². The molecule has 0 saturated heterocycles. The fraction of sp³-hybridized carbons (Fsp3) is 0.368. The van der Waals surface area contributed by atoms with Crippen molar-refractivity contribution in [1.82, 2.24) is 19.7 Å². The van der Waals surface area contributed by atoms with Crippen molar-refractivity contribution in [3.05, 3.63) is 59.7 Å². The van der Waals surface area contributed by atoms with Gasteiger partial charge in [0, 0.05) is 6.54 Å². The molecule has 1 N–H and O–H groups in total. The Balaban J connectivity index is 1.39. The largest absolute Gasteiger partial charge is 0.244 e. The van der Waals surface area contributed by atoms with Gasteiger partial charge < -0.3 is 0 Å². The van der Waals surface area contributed by atoms with Gasteiger partial charge in [-0.1, -0.05) is 41.6 Å². The Bertz CT molecular complexity index is 1010. The zero-order valence-corrected chi connectivity index (χ0v) is 15.3. The van der Waals surface area contributed by atoms with E-state index < -0.39 is 10.0 Å². The van der Waals surface area contributed by atoms with Crippen molar-refractivity contribution in [2.24, 2.45) is 0 Å². The number of aryl methyl sites for hydroxylation is 2. The maximum absolute atomic E-state index is 12.4. The van der Waals surface area contributed by atoms with Crippen molar-refractivity contribution < 1.29 is 8.42 Å². The van der Waals surface area contributed by atoms with Crippen molar-refractivity contribution in [2.75, 3.05) is 12.3 Å². The van der Waals surface area contributed by atoms with Crippen LogP contribution in [0.1, 0.15) is 29.9 Å². The number of fused-ring (bicyclic) bond motifs is 2. The summed E-state index contributed by atoms with van der Waals surface area (Å²) in [6.45, 7) is 0.745. The Labute approximate surface area is 153 Å². The minimum atomic E-state index is -3.37. The molecule has 0 spiro atoms. The van der Waals surface area contributed by atoms with Crippen LogP contribution in [0.3, 0.4) is 0 Å². The minimum absolute atomic E-state index is 0.00524. The lowest BCUT2D eigenvalue weighted by Crippen LogP contribution is -2.33. The number of para-hydroxylation sites is 1. The van der Waals surface area contributed by atoms with E-state index >= 15 is 0 Å². The number of benzene rings is 2. The summed E-state index contributed by atoms with van der Waals surface area (Å²) >= 11 is 0. The molecule has 3 aromatic rings. The first-order chi connectivity index (χ1) is 12.6. The highest BCUT2D eigenvalue weighted by Crippen LogP contribution is 2.30. The van der Waals surface area contributed by atoms with Crippen LogP contribution < -0.4 is 4.72 Å². The summed E-state index contributed by atoms with van der Waals surface area (Å²) in [5, 5.41) is 8.11. The number of sulfonamides is 1. The first-order valence-corrected chi connectivity index (χ1v) is 10.6. The molecule has 1 heterocycles. The van der Waals surface area contributed by atoms with Crippen LogP contribution in [-0.4, -0.2) is 35.7 Å². The van der Waals surface area contributed by atoms with Gasteiger partial charge in [-0.15, -0.1) is 5.10 Å². The molecule has 1 atom stereocenters. The fourth-order valence-electron chi connectivity index (χ4n) is 3.66. The van der Waals surface area contributed by atoms with E-state index in [4.69, 9.17) is 0 Å². The number of nitrogens with zero attached hydrogens (tertiary/aromatic N) is 3. The standard InChI is InChI=1S/C19H22N4O2S/c24-26(25,13-12-23-19-11-4-3-10-18(19)21-22-23)20-14-16-8-5-7-15-6-1-2-9-17(15)16/h1-4,6,9-11,16,20H,5,7-8,12-14H2/t16-/m1/s1. The Morgan fingerprint density at radius 1 is 1.12 bits per heavy atom. The second-order valence-electron chi connectivity index (χ2n) is 6.76. The molecule has 0 amide bonds. The third-order valence-electron chi connectivity index (χ3n) is 5.04. The highest BCUT2D eigenvalue weighted by atomic mass is 32.2. The quantitative estimate of drug-likeness (QED) is 0.723. The second kappa shape index (κ2) is 7.17. The van der Waals surface area contributed by atoms with E-state index in [1.54, 1.807) is 4.68 Å². The van der Waals surface area contributed by atoms with Gasteiger partial charge in [-0.3, -0.25) is 0 Å². The Hall–Kier alpha value is -2.25. The molecule has 0 saturated carbocycles. The highest BCUT2D eigenvalue weighted by molar-refractivity contribution is 7.89. The smallest absolute Gasteiger partial charge is 0.213 e. The lowest BCUT2D eigenvalue weighted by Gasteiger charge is -2.25. The van der Waals surface area contributed by atoms with Crippen LogP contribution in [0.2, 0.25) is 0 Å². The molecule has 7 heteroatoms. The molecule has 0 fully saturated rings. The van der Waals surface area contributed by atoms with E-state index in [0.717, 1.165) is 30.3 Å². The second-order valence-corrected chi connectivity index (χ2v) is 8.68. The Morgan fingerprint density at radius 2 is 1.92 bits per heavy atom. The number of nitrogens with one attached hydrogen (secondary N) is 1. The summed E-state index contributed by atoms with van der Waals surface area (Å²) < 4.78 is 29.3. The van der Waals surface area contributed by atoms with E-state index in [0.29, 0.717) is 6.54 Å². The van der Waals surface area contributed by atoms with Crippen LogP contribution in [0, 0.1) is 0 Å². The van der Waals surface area contributed by atoms with Gasteiger partial charge >= 0.3 is 0 Å². The number of aromatic nitrogens is 3. The zero-order chi connectivity index (χ0) is 18.0. The maximum atomic E-state index is 12.4. The third kappa shape index (κ3) is 3.64. The predicted molar refractivity (Wildman–Crippen MR) is 101 cm³/mol. The molecule has 136 valence electrons. The lowest BCUT2D eigenvalue weighted by molar-refractivity contribution is 0.525. The van der Waals surface area contributed by atoms with E-state index in [-0.39, 0.29) is 18.2 Å². The molecule has 4 rings (SSSR count). The molecular weight excluding hydrogens is 348 g/mol. The summed E-state index contributed by atoms with van der Waals surface area (Å²) in [6.07, 6.45) is 3.21. The van der Waals surface area contributed by atoms with Crippen LogP contribution in [-0.2, 0) is 23.0 Å². The Morgan fingerprint density at radius 3 is 2.85 bits per heavy atom. The van der Waals surface area contributed by atoms with Crippen molar-refractivity contribution >= 4 is 21.1 Å². The average Bonchev–Trinajstić information content (AvgIpc) is 3.08. The summed E-state index contributed by atoms with van der Waals surface area (Å²) in [7, 11) is -3.37. The van der Waals surface area contributed by atoms with E-state index in [9.17, 15) is 8.42 Å². The zero-order valence-electron chi connectivity index (χ0n) is 14.5.